The predicted octanol–water partition coefficient (Wildman–Crippen LogP) is 5.09. The molecule has 2 aromatic heterocycles. The highest BCUT2D eigenvalue weighted by Crippen LogP contribution is 2.28. The van der Waals surface area contributed by atoms with E-state index < -0.39 is 0 Å². The SMILES string of the molecule is CCCNC(Cc1cccs1)c1cc2cc(C)ccc2o1. The molecule has 3 aromatic rings. The van der Waals surface area contributed by atoms with Crippen molar-refractivity contribution in [3.05, 3.63) is 58.0 Å². The number of furan rings is 1. The van der Waals surface area contributed by atoms with E-state index in [4.69, 9.17) is 4.42 Å². The minimum Gasteiger partial charge on any atom is -0.459 e. The number of nitrogens with one attached hydrogen (secondary N) is 1. The summed E-state index contributed by atoms with van der Waals surface area (Å²) in [6.45, 7) is 5.31. The molecule has 2 heterocycles. The van der Waals surface area contributed by atoms with Crippen LogP contribution in [0.15, 0.2) is 46.2 Å². The molecule has 1 atom stereocenters. The summed E-state index contributed by atoms with van der Waals surface area (Å²) in [5, 5.41) is 6.94. The van der Waals surface area contributed by atoms with Crippen molar-refractivity contribution in [1.29, 1.82) is 0 Å². The van der Waals surface area contributed by atoms with Crippen LogP contribution in [0.25, 0.3) is 11.0 Å². The van der Waals surface area contributed by atoms with E-state index in [9.17, 15) is 0 Å². The summed E-state index contributed by atoms with van der Waals surface area (Å²) >= 11 is 1.81. The summed E-state index contributed by atoms with van der Waals surface area (Å²) in [4.78, 5) is 1.39. The Morgan fingerprint density at radius 3 is 2.90 bits per heavy atom. The lowest BCUT2D eigenvalue weighted by molar-refractivity contribution is 0.429. The standard InChI is InChI=1S/C18H21NOS/c1-3-8-19-16(12-15-5-4-9-21-15)18-11-14-10-13(2)6-7-17(14)20-18/h4-7,9-11,16,19H,3,8,12H2,1-2H3. The topological polar surface area (TPSA) is 25.2 Å². The Morgan fingerprint density at radius 1 is 1.24 bits per heavy atom. The van der Waals surface area contributed by atoms with Gasteiger partial charge in [-0.2, -0.15) is 0 Å². The van der Waals surface area contributed by atoms with Crippen LogP contribution in [0, 0.1) is 6.92 Å². The zero-order valence-electron chi connectivity index (χ0n) is 12.6. The molecule has 0 radical (unpaired) electrons. The van der Waals surface area contributed by atoms with Crippen LogP contribution in [0.2, 0.25) is 0 Å². The fraction of sp³-hybridized carbons (Fsp3) is 0.333. The second kappa shape index (κ2) is 6.46. The summed E-state index contributed by atoms with van der Waals surface area (Å²) in [5.74, 6) is 1.04. The molecule has 2 nitrogen and oxygen atoms in total. The molecule has 110 valence electrons. The molecule has 0 spiro atoms. The maximum absolute atomic E-state index is 6.07. The number of rotatable bonds is 6. The van der Waals surface area contributed by atoms with Gasteiger partial charge in [0.05, 0.1) is 6.04 Å². The first-order valence-corrected chi connectivity index (χ1v) is 8.40. The average molecular weight is 299 g/mol. The maximum Gasteiger partial charge on any atom is 0.134 e. The van der Waals surface area contributed by atoms with Crippen LogP contribution in [0.1, 0.15) is 35.6 Å². The van der Waals surface area contributed by atoms with E-state index in [1.807, 2.05) is 11.3 Å². The van der Waals surface area contributed by atoms with Crippen molar-refractivity contribution in [1.82, 2.24) is 5.32 Å². The number of benzene rings is 1. The summed E-state index contributed by atoms with van der Waals surface area (Å²) in [6, 6.07) is 13.1. The minimum atomic E-state index is 0.247. The Hall–Kier alpha value is -1.58. The second-order valence-corrected chi connectivity index (χ2v) is 6.51. The monoisotopic (exact) mass is 299 g/mol. The molecule has 0 amide bonds. The Bertz CT molecular complexity index is 699. The molecule has 0 aliphatic rings. The molecule has 0 aliphatic carbocycles. The number of thiophene rings is 1. The van der Waals surface area contributed by atoms with Crippen molar-refractivity contribution >= 4 is 22.3 Å². The molecule has 0 saturated heterocycles. The highest BCUT2D eigenvalue weighted by atomic mass is 32.1. The fourth-order valence-corrected chi connectivity index (χ4v) is 3.33. The zero-order chi connectivity index (χ0) is 14.7. The van der Waals surface area contributed by atoms with Gasteiger partial charge in [-0.05, 0) is 49.5 Å². The van der Waals surface area contributed by atoms with Gasteiger partial charge in [0.2, 0.25) is 0 Å². The number of aryl methyl sites for hydroxylation is 1. The normalized spacial score (nSPS) is 12.9. The third-order valence-corrected chi connectivity index (χ3v) is 4.56. The van der Waals surface area contributed by atoms with E-state index in [-0.39, 0.29) is 6.04 Å². The number of hydrogen-bond acceptors (Lipinski definition) is 3. The van der Waals surface area contributed by atoms with Gasteiger partial charge in [-0.25, -0.2) is 0 Å². The van der Waals surface area contributed by atoms with Crippen LogP contribution in [-0.4, -0.2) is 6.54 Å². The Morgan fingerprint density at radius 2 is 2.14 bits per heavy atom. The Balaban J connectivity index is 1.89. The lowest BCUT2D eigenvalue weighted by atomic mass is 10.1. The molecule has 1 aromatic carbocycles. The molecule has 0 bridgehead atoms. The van der Waals surface area contributed by atoms with Crippen molar-refractivity contribution < 1.29 is 4.42 Å². The molecular formula is C18H21NOS. The lowest BCUT2D eigenvalue weighted by Crippen LogP contribution is -2.23. The smallest absolute Gasteiger partial charge is 0.134 e. The van der Waals surface area contributed by atoms with Gasteiger partial charge in [0.15, 0.2) is 0 Å². The van der Waals surface area contributed by atoms with Gasteiger partial charge in [-0.3, -0.25) is 0 Å². The quantitative estimate of drug-likeness (QED) is 0.686. The molecule has 3 rings (SSSR count). The number of fused-ring (bicyclic) bond motifs is 1. The van der Waals surface area contributed by atoms with Crippen LogP contribution in [0.3, 0.4) is 0 Å². The summed E-state index contributed by atoms with van der Waals surface area (Å²) in [6.07, 6.45) is 2.11. The van der Waals surface area contributed by atoms with Gasteiger partial charge in [0.1, 0.15) is 11.3 Å². The average Bonchev–Trinajstić information content (AvgIpc) is 3.11. The molecule has 0 aliphatic heterocycles. The van der Waals surface area contributed by atoms with Crippen molar-refractivity contribution in [3.8, 4) is 0 Å². The summed E-state index contributed by atoms with van der Waals surface area (Å²) < 4.78 is 6.07. The van der Waals surface area contributed by atoms with E-state index in [2.05, 4.69) is 60.9 Å². The summed E-state index contributed by atoms with van der Waals surface area (Å²) in [5.41, 5.74) is 2.25. The van der Waals surface area contributed by atoms with E-state index in [1.54, 1.807) is 0 Å². The van der Waals surface area contributed by atoms with E-state index in [1.165, 1.54) is 15.8 Å². The minimum absolute atomic E-state index is 0.247. The maximum atomic E-state index is 6.07. The van der Waals surface area contributed by atoms with Crippen LogP contribution in [0.4, 0.5) is 0 Å². The van der Waals surface area contributed by atoms with E-state index in [0.29, 0.717) is 0 Å². The van der Waals surface area contributed by atoms with Gasteiger partial charge in [0, 0.05) is 16.7 Å². The third-order valence-electron chi connectivity index (χ3n) is 3.66. The van der Waals surface area contributed by atoms with Crippen molar-refractivity contribution in [2.45, 2.75) is 32.7 Å². The molecule has 1 unspecified atom stereocenters. The van der Waals surface area contributed by atoms with Crippen molar-refractivity contribution in [2.75, 3.05) is 6.54 Å². The van der Waals surface area contributed by atoms with Crippen LogP contribution in [-0.2, 0) is 6.42 Å². The number of hydrogen-bond donors (Lipinski definition) is 1. The van der Waals surface area contributed by atoms with E-state index in [0.717, 1.165) is 30.7 Å². The third kappa shape index (κ3) is 3.36. The largest absolute Gasteiger partial charge is 0.459 e. The molecule has 0 fully saturated rings. The van der Waals surface area contributed by atoms with E-state index >= 15 is 0 Å². The highest BCUT2D eigenvalue weighted by molar-refractivity contribution is 7.09. The van der Waals surface area contributed by atoms with Crippen LogP contribution in [0.5, 0.6) is 0 Å². The van der Waals surface area contributed by atoms with Gasteiger partial charge < -0.3 is 9.73 Å². The molecular weight excluding hydrogens is 278 g/mol. The van der Waals surface area contributed by atoms with Gasteiger partial charge >= 0.3 is 0 Å². The zero-order valence-corrected chi connectivity index (χ0v) is 13.4. The molecule has 21 heavy (non-hydrogen) atoms. The second-order valence-electron chi connectivity index (χ2n) is 5.48. The molecule has 0 saturated carbocycles. The predicted molar refractivity (Wildman–Crippen MR) is 90.0 cm³/mol. The highest BCUT2D eigenvalue weighted by Gasteiger charge is 2.17. The lowest BCUT2D eigenvalue weighted by Gasteiger charge is -2.15. The van der Waals surface area contributed by atoms with Crippen LogP contribution >= 0.6 is 11.3 Å². The summed E-state index contributed by atoms with van der Waals surface area (Å²) in [7, 11) is 0. The van der Waals surface area contributed by atoms with Crippen LogP contribution < -0.4 is 5.32 Å². The first kappa shape index (κ1) is 14.4. The first-order valence-electron chi connectivity index (χ1n) is 7.52. The van der Waals surface area contributed by atoms with Crippen molar-refractivity contribution in [3.63, 3.8) is 0 Å². The Kier molecular flexibility index (Phi) is 4.42. The Labute approximate surface area is 129 Å². The van der Waals surface area contributed by atoms with Crippen molar-refractivity contribution in [2.24, 2.45) is 0 Å². The van der Waals surface area contributed by atoms with Gasteiger partial charge in [-0.15, -0.1) is 11.3 Å². The molecule has 1 N–H and O–H groups in total. The van der Waals surface area contributed by atoms with Gasteiger partial charge in [-0.1, -0.05) is 24.6 Å². The fourth-order valence-electron chi connectivity index (χ4n) is 2.58. The van der Waals surface area contributed by atoms with Gasteiger partial charge in [0.25, 0.3) is 0 Å². The molecule has 3 heteroatoms. The first-order chi connectivity index (χ1) is 10.3.